The Balaban J connectivity index is 2.45. The highest BCUT2D eigenvalue weighted by atomic mass is 32.2. The number of thioether (sulfide) groups is 1. The fraction of sp³-hybridized carbons (Fsp3) is 0.667. The highest BCUT2D eigenvalue weighted by Gasteiger charge is 1.95. The van der Waals surface area contributed by atoms with Gasteiger partial charge in [-0.3, -0.25) is 5.43 Å². The first-order chi connectivity index (χ1) is 2.89. The Morgan fingerprint density at radius 2 is 2.83 bits per heavy atom. The fourth-order valence-electron chi connectivity index (χ4n) is 0.313. The molecule has 1 aliphatic heterocycles. The van der Waals surface area contributed by atoms with Gasteiger partial charge in [0.2, 0.25) is 0 Å². The molecule has 0 aromatic rings. The Labute approximate surface area is 41.0 Å². The van der Waals surface area contributed by atoms with Crippen molar-refractivity contribution in [2.75, 3.05) is 5.88 Å². The summed E-state index contributed by atoms with van der Waals surface area (Å²) in [5.74, 6) is 0.950. The molecule has 2 nitrogen and oxygen atoms in total. The quantitative estimate of drug-likeness (QED) is 0.484. The van der Waals surface area contributed by atoms with E-state index in [1.807, 2.05) is 6.92 Å². The van der Waals surface area contributed by atoms with Gasteiger partial charge in [0.05, 0.1) is 10.9 Å². The SMILES string of the molecule is CC1=NNCS1. The van der Waals surface area contributed by atoms with Gasteiger partial charge >= 0.3 is 0 Å². The normalized spacial score (nSPS) is 19.8. The van der Waals surface area contributed by atoms with Gasteiger partial charge in [0, 0.05) is 0 Å². The maximum Gasteiger partial charge on any atom is 0.0918 e. The summed E-state index contributed by atoms with van der Waals surface area (Å²) in [7, 11) is 0. The van der Waals surface area contributed by atoms with Gasteiger partial charge in [0.25, 0.3) is 0 Å². The van der Waals surface area contributed by atoms with E-state index in [0.717, 1.165) is 10.9 Å². The molecule has 34 valence electrons. The van der Waals surface area contributed by atoms with Crippen LogP contribution >= 0.6 is 11.8 Å². The molecule has 0 spiro atoms. The van der Waals surface area contributed by atoms with E-state index in [0.29, 0.717) is 0 Å². The van der Waals surface area contributed by atoms with Crippen LogP contribution in [0, 0.1) is 0 Å². The molecule has 1 N–H and O–H groups in total. The zero-order chi connectivity index (χ0) is 4.41. The maximum absolute atomic E-state index is 3.87. The summed E-state index contributed by atoms with van der Waals surface area (Å²) in [6.07, 6.45) is 0. The fourth-order valence-corrected chi connectivity index (χ4v) is 0.780. The third-order valence-electron chi connectivity index (χ3n) is 0.582. The van der Waals surface area contributed by atoms with E-state index in [2.05, 4.69) is 10.5 Å². The van der Waals surface area contributed by atoms with E-state index in [-0.39, 0.29) is 0 Å². The van der Waals surface area contributed by atoms with Gasteiger partial charge in [-0.1, -0.05) is 11.8 Å². The summed E-state index contributed by atoms with van der Waals surface area (Å²) in [6, 6.07) is 0. The van der Waals surface area contributed by atoms with Crippen molar-refractivity contribution in [3.8, 4) is 0 Å². The van der Waals surface area contributed by atoms with Crippen molar-refractivity contribution >= 4 is 16.8 Å². The predicted molar refractivity (Wildman–Crippen MR) is 28.7 cm³/mol. The van der Waals surface area contributed by atoms with Crippen molar-refractivity contribution in [2.24, 2.45) is 5.10 Å². The summed E-state index contributed by atoms with van der Waals surface area (Å²) >= 11 is 1.74. The predicted octanol–water partition coefficient (Wildman–Crippen LogP) is 0.614. The number of hydrogen-bond donors (Lipinski definition) is 1. The van der Waals surface area contributed by atoms with Gasteiger partial charge in [-0.05, 0) is 6.92 Å². The Morgan fingerprint density at radius 3 is 3.00 bits per heavy atom. The summed E-state index contributed by atoms with van der Waals surface area (Å²) < 4.78 is 0. The van der Waals surface area contributed by atoms with Crippen LogP contribution in [-0.4, -0.2) is 10.9 Å². The van der Waals surface area contributed by atoms with Crippen LogP contribution < -0.4 is 5.43 Å². The minimum Gasteiger partial charge on any atom is -0.299 e. The van der Waals surface area contributed by atoms with E-state index in [9.17, 15) is 0 Å². The van der Waals surface area contributed by atoms with E-state index in [1.165, 1.54) is 0 Å². The molecule has 0 fully saturated rings. The number of hydrogen-bond acceptors (Lipinski definition) is 3. The first-order valence-electron chi connectivity index (χ1n) is 1.79. The van der Waals surface area contributed by atoms with Crippen molar-refractivity contribution < 1.29 is 0 Å². The van der Waals surface area contributed by atoms with Crippen LogP contribution in [0.25, 0.3) is 0 Å². The maximum atomic E-state index is 3.87. The van der Waals surface area contributed by atoms with E-state index < -0.39 is 0 Å². The van der Waals surface area contributed by atoms with Crippen LogP contribution in [0.1, 0.15) is 6.92 Å². The molecule has 0 aromatic heterocycles. The van der Waals surface area contributed by atoms with Crippen molar-refractivity contribution in [3.63, 3.8) is 0 Å². The Morgan fingerprint density at radius 1 is 2.00 bits per heavy atom. The monoisotopic (exact) mass is 102 g/mol. The first kappa shape index (κ1) is 3.99. The smallest absolute Gasteiger partial charge is 0.0918 e. The Hall–Kier alpha value is -0.180. The van der Waals surface area contributed by atoms with Crippen LogP contribution in [0.3, 0.4) is 0 Å². The number of nitrogens with zero attached hydrogens (tertiary/aromatic N) is 1. The summed E-state index contributed by atoms with van der Waals surface area (Å²) in [6.45, 7) is 1.99. The number of nitrogens with one attached hydrogen (secondary N) is 1. The molecular formula is C3H6N2S. The van der Waals surface area contributed by atoms with E-state index in [4.69, 9.17) is 0 Å². The topological polar surface area (TPSA) is 24.4 Å². The standard InChI is InChI=1S/C3H6N2S/c1-3-5-4-2-6-3/h4H,2H2,1H3. The number of hydrazone groups is 1. The molecule has 0 atom stereocenters. The van der Waals surface area contributed by atoms with Crippen LogP contribution in [0.5, 0.6) is 0 Å². The lowest BCUT2D eigenvalue weighted by molar-refractivity contribution is 0.892. The molecule has 0 saturated heterocycles. The van der Waals surface area contributed by atoms with Crippen molar-refractivity contribution in [1.29, 1.82) is 0 Å². The lowest BCUT2D eigenvalue weighted by atomic mass is 10.9. The second kappa shape index (κ2) is 1.51. The third-order valence-corrected chi connectivity index (χ3v) is 1.36. The zero-order valence-corrected chi connectivity index (χ0v) is 4.38. The average molecular weight is 102 g/mol. The highest BCUT2D eigenvalue weighted by molar-refractivity contribution is 8.14. The first-order valence-corrected chi connectivity index (χ1v) is 2.78. The largest absolute Gasteiger partial charge is 0.299 e. The molecule has 1 rings (SSSR count). The average Bonchev–Trinajstić information content (AvgIpc) is 1.86. The molecule has 0 saturated carbocycles. The molecule has 0 radical (unpaired) electrons. The summed E-state index contributed by atoms with van der Waals surface area (Å²) in [5, 5.41) is 5.00. The van der Waals surface area contributed by atoms with Crippen LogP contribution in [0.2, 0.25) is 0 Å². The molecule has 0 aromatic carbocycles. The molecule has 0 aliphatic carbocycles. The van der Waals surface area contributed by atoms with Crippen molar-refractivity contribution in [2.45, 2.75) is 6.92 Å². The van der Waals surface area contributed by atoms with Gasteiger partial charge in [0.1, 0.15) is 0 Å². The molecule has 0 bridgehead atoms. The molecule has 3 heteroatoms. The third kappa shape index (κ3) is 0.653. The van der Waals surface area contributed by atoms with Gasteiger partial charge in [-0.15, -0.1) is 0 Å². The molecule has 0 amide bonds. The van der Waals surface area contributed by atoms with Crippen LogP contribution in [0.15, 0.2) is 5.10 Å². The Kier molecular flexibility index (Phi) is 1.01. The van der Waals surface area contributed by atoms with Crippen molar-refractivity contribution in [1.82, 2.24) is 5.43 Å². The minimum atomic E-state index is 0.950. The van der Waals surface area contributed by atoms with Crippen LogP contribution in [-0.2, 0) is 0 Å². The van der Waals surface area contributed by atoms with Crippen molar-refractivity contribution in [3.05, 3.63) is 0 Å². The highest BCUT2D eigenvalue weighted by Crippen LogP contribution is 2.04. The van der Waals surface area contributed by atoms with Gasteiger partial charge in [0.15, 0.2) is 0 Å². The van der Waals surface area contributed by atoms with Gasteiger partial charge in [-0.2, -0.15) is 5.10 Å². The van der Waals surface area contributed by atoms with Gasteiger partial charge < -0.3 is 0 Å². The second-order valence-electron chi connectivity index (χ2n) is 1.08. The van der Waals surface area contributed by atoms with E-state index in [1.54, 1.807) is 11.8 Å². The lowest BCUT2D eigenvalue weighted by Crippen LogP contribution is -1.93. The zero-order valence-electron chi connectivity index (χ0n) is 3.56. The van der Waals surface area contributed by atoms with Crippen LogP contribution in [0.4, 0.5) is 0 Å². The van der Waals surface area contributed by atoms with Gasteiger partial charge in [-0.25, -0.2) is 0 Å². The molecule has 1 heterocycles. The molecule has 1 aliphatic rings. The minimum absolute atomic E-state index is 0.950. The second-order valence-corrected chi connectivity index (χ2v) is 2.25. The molecular weight excluding hydrogens is 96.1 g/mol. The number of rotatable bonds is 0. The Bertz CT molecular complexity index is 78.9. The molecule has 6 heavy (non-hydrogen) atoms. The van der Waals surface area contributed by atoms with E-state index >= 15 is 0 Å². The summed E-state index contributed by atoms with van der Waals surface area (Å²) in [5.41, 5.74) is 2.82. The lowest BCUT2D eigenvalue weighted by Gasteiger charge is -1.76. The molecule has 0 unspecified atom stereocenters. The summed E-state index contributed by atoms with van der Waals surface area (Å²) in [4.78, 5) is 0.